The molecule has 0 spiro atoms. The summed E-state index contributed by atoms with van der Waals surface area (Å²) in [7, 11) is 0. The predicted octanol–water partition coefficient (Wildman–Crippen LogP) is 11.5. The second-order valence-electron chi connectivity index (χ2n) is 10.7. The van der Waals surface area contributed by atoms with E-state index in [1.165, 1.54) is 60.1 Å². The molecule has 0 amide bonds. The Hall–Kier alpha value is -4.41. The molecule has 0 bridgehead atoms. The maximum Gasteiger partial charge on any atom is 0.0388 e. The van der Waals surface area contributed by atoms with Crippen LogP contribution in [0, 0.1) is 0 Å². The van der Waals surface area contributed by atoms with E-state index in [0.717, 1.165) is 29.7 Å². The van der Waals surface area contributed by atoms with Gasteiger partial charge in [0, 0.05) is 5.70 Å². The van der Waals surface area contributed by atoms with Crippen molar-refractivity contribution in [2.75, 3.05) is 0 Å². The van der Waals surface area contributed by atoms with Crippen LogP contribution in [0.25, 0.3) is 65.8 Å². The van der Waals surface area contributed by atoms with Gasteiger partial charge >= 0.3 is 0 Å². The Labute approximate surface area is 260 Å². The molecule has 2 heteroatoms. The van der Waals surface area contributed by atoms with Crippen LogP contribution in [0.3, 0.4) is 0 Å². The number of hydrogen-bond donors (Lipinski definition) is 1. The van der Waals surface area contributed by atoms with E-state index < -0.39 is 0 Å². The van der Waals surface area contributed by atoms with Crippen molar-refractivity contribution < 1.29 is 0 Å². The summed E-state index contributed by atoms with van der Waals surface area (Å²) < 4.78 is 1.96. The summed E-state index contributed by atoms with van der Waals surface area (Å²) in [6, 6.07) is 39.8. The lowest BCUT2D eigenvalue weighted by Gasteiger charge is -2.20. The van der Waals surface area contributed by atoms with Crippen LogP contribution in [0.2, 0.25) is 0 Å². The third-order valence-corrected chi connectivity index (χ3v) is 8.68. The standard InChI is InChI=1S/C40H30IN/c41-25-11-24-38(42)29-15-8-14-28(26-29)30-20-9-22-32-31(30)21-10-23-33(32)40-36-18-6-4-16-34(36)39(27-12-2-1-3-13-27)35-17-5-7-19-37(35)40/h2,4-26H,1,3,42H2/b25-11-,38-24-. The monoisotopic (exact) mass is 651 g/mol. The fourth-order valence-corrected chi connectivity index (χ4v) is 6.62. The Morgan fingerprint density at radius 1 is 0.619 bits per heavy atom. The van der Waals surface area contributed by atoms with Gasteiger partial charge in [-0.1, -0.05) is 150 Å². The highest BCUT2D eigenvalue weighted by Crippen LogP contribution is 2.45. The molecule has 42 heavy (non-hydrogen) atoms. The normalized spacial score (nSPS) is 13.8. The van der Waals surface area contributed by atoms with Gasteiger partial charge in [-0.3, -0.25) is 0 Å². The molecule has 1 aliphatic carbocycles. The third-order valence-electron chi connectivity index (χ3n) is 8.26. The molecule has 2 N–H and O–H groups in total. The quantitative estimate of drug-likeness (QED) is 0.112. The van der Waals surface area contributed by atoms with Gasteiger partial charge < -0.3 is 5.73 Å². The zero-order valence-corrected chi connectivity index (χ0v) is 25.4. The minimum Gasteiger partial charge on any atom is -0.398 e. The average Bonchev–Trinajstić information content (AvgIpc) is 3.06. The van der Waals surface area contributed by atoms with E-state index in [2.05, 4.69) is 150 Å². The molecule has 0 unspecified atom stereocenters. The van der Waals surface area contributed by atoms with Crippen molar-refractivity contribution >= 4 is 66.2 Å². The van der Waals surface area contributed by atoms with E-state index >= 15 is 0 Å². The van der Waals surface area contributed by atoms with Crippen molar-refractivity contribution in [2.24, 2.45) is 5.73 Å². The number of rotatable bonds is 5. The fourth-order valence-electron chi connectivity index (χ4n) is 6.41. The lowest BCUT2D eigenvalue weighted by Crippen LogP contribution is -1.96. The molecular weight excluding hydrogens is 621 g/mol. The van der Waals surface area contributed by atoms with Gasteiger partial charge in [0.05, 0.1) is 0 Å². The molecule has 1 nitrogen and oxygen atoms in total. The van der Waals surface area contributed by atoms with Crippen LogP contribution in [-0.2, 0) is 0 Å². The lowest BCUT2D eigenvalue weighted by molar-refractivity contribution is 1.04. The SMILES string of the molecule is N/C(=C\C=C/I)c1cccc(-c2cccc3c(-c4c5ccccc5c(C5=CCCC=C5)c5ccccc45)cccc23)c1. The van der Waals surface area contributed by atoms with E-state index in [1.807, 2.05) is 16.2 Å². The second-order valence-corrected chi connectivity index (χ2v) is 11.4. The predicted molar refractivity (Wildman–Crippen MR) is 192 cm³/mol. The van der Waals surface area contributed by atoms with Crippen molar-refractivity contribution in [2.45, 2.75) is 12.8 Å². The minimum atomic E-state index is 0.756. The van der Waals surface area contributed by atoms with Crippen LogP contribution in [0.1, 0.15) is 24.0 Å². The van der Waals surface area contributed by atoms with Gasteiger partial charge in [-0.05, 0) is 100 Å². The molecule has 202 valence electrons. The van der Waals surface area contributed by atoms with Gasteiger partial charge in [-0.2, -0.15) is 0 Å². The first-order valence-electron chi connectivity index (χ1n) is 14.4. The molecule has 7 rings (SSSR count). The van der Waals surface area contributed by atoms with Crippen LogP contribution in [0.4, 0.5) is 0 Å². The Balaban J connectivity index is 1.50. The first-order chi connectivity index (χ1) is 20.7. The molecule has 6 aromatic carbocycles. The molecule has 0 saturated carbocycles. The first kappa shape index (κ1) is 26.5. The van der Waals surface area contributed by atoms with E-state index in [0.29, 0.717) is 0 Å². The number of nitrogens with two attached hydrogens (primary N) is 1. The van der Waals surface area contributed by atoms with Crippen LogP contribution in [0.15, 0.2) is 144 Å². The Morgan fingerprint density at radius 2 is 1.21 bits per heavy atom. The highest BCUT2D eigenvalue weighted by atomic mass is 127. The third kappa shape index (κ3) is 4.66. The minimum absolute atomic E-state index is 0.756. The highest BCUT2D eigenvalue weighted by molar-refractivity contribution is 14.1. The van der Waals surface area contributed by atoms with E-state index in [1.54, 1.807) is 0 Å². The summed E-state index contributed by atoms with van der Waals surface area (Å²) >= 11 is 2.21. The number of benzene rings is 6. The fraction of sp³-hybridized carbons (Fsp3) is 0.0500. The zero-order chi connectivity index (χ0) is 28.5. The van der Waals surface area contributed by atoms with Gasteiger partial charge in [0.25, 0.3) is 0 Å². The first-order valence-corrected chi connectivity index (χ1v) is 15.6. The van der Waals surface area contributed by atoms with Gasteiger partial charge in [0.2, 0.25) is 0 Å². The smallest absolute Gasteiger partial charge is 0.0388 e. The molecule has 0 radical (unpaired) electrons. The summed E-state index contributed by atoms with van der Waals surface area (Å²) in [6.07, 6.45) is 13.1. The van der Waals surface area contributed by atoms with Crippen molar-refractivity contribution in [3.63, 3.8) is 0 Å². The largest absolute Gasteiger partial charge is 0.398 e. The van der Waals surface area contributed by atoms with Crippen molar-refractivity contribution in [1.29, 1.82) is 0 Å². The summed E-state index contributed by atoms with van der Waals surface area (Å²) in [5.41, 5.74) is 15.8. The van der Waals surface area contributed by atoms with Gasteiger partial charge in [0.15, 0.2) is 0 Å². The summed E-state index contributed by atoms with van der Waals surface area (Å²) in [6.45, 7) is 0. The topological polar surface area (TPSA) is 26.0 Å². The Morgan fingerprint density at radius 3 is 1.86 bits per heavy atom. The van der Waals surface area contributed by atoms with Crippen molar-refractivity contribution in [3.8, 4) is 22.3 Å². The molecule has 1 aliphatic rings. The number of allylic oxidation sites excluding steroid dienone is 6. The summed E-state index contributed by atoms with van der Waals surface area (Å²) in [5, 5.41) is 7.65. The number of fused-ring (bicyclic) bond motifs is 3. The lowest BCUT2D eigenvalue weighted by atomic mass is 9.83. The van der Waals surface area contributed by atoms with Crippen LogP contribution >= 0.6 is 22.6 Å². The van der Waals surface area contributed by atoms with Crippen LogP contribution in [-0.4, -0.2) is 0 Å². The van der Waals surface area contributed by atoms with Gasteiger partial charge in [0.1, 0.15) is 0 Å². The molecule has 0 atom stereocenters. The van der Waals surface area contributed by atoms with E-state index in [-0.39, 0.29) is 0 Å². The van der Waals surface area contributed by atoms with Crippen LogP contribution in [0.5, 0.6) is 0 Å². The summed E-state index contributed by atoms with van der Waals surface area (Å²) in [4.78, 5) is 0. The molecular formula is C40H30IN. The molecule has 0 fully saturated rings. The molecule has 0 aromatic heterocycles. The van der Waals surface area contributed by atoms with E-state index in [4.69, 9.17) is 5.73 Å². The van der Waals surface area contributed by atoms with Crippen molar-refractivity contribution in [1.82, 2.24) is 0 Å². The van der Waals surface area contributed by atoms with Crippen molar-refractivity contribution in [3.05, 3.63) is 155 Å². The van der Waals surface area contributed by atoms with Gasteiger partial charge in [-0.25, -0.2) is 0 Å². The molecule has 0 aliphatic heterocycles. The summed E-state index contributed by atoms with van der Waals surface area (Å²) in [5.74, 6) is 0. The average molecular weight is 652 g/mol. The highest BCUT2D eigenvalue weighted by Gasteiger charge is 2.19. The maximum absolute atomic E-state index is 6.41. The molecule has 0 saturated heterocycles. The molecule has 0 heterocycles. The Kier molecular flexibility index (Phi) is 7.23. The number of hydrogen-bond acceptors (Lipinski definition) is 1. The number of halogens is 1. The maximum atomic E-state index is 6.41. The Bertz CT molecular complexity index is 2050. The molecule has 6 aromatic rings. The zero-order valence-electron chi connectivity index (χ0n) is 23.2. The van der Waals surface area contributed by atoms with E-state index in [9.17, 15) is 0 Å². The second kappa shape index (κ2) is 11.5. The van der Waals surface area contributed by atoms with Gasteiger partial charge in [-0.15, -0.1) is 0 Å². The van der Waals surface area contributed by atoms with Crippen LogP contribution < -0.4 is 5.73 Å².